The van der Waals surface area contributed by atoms with Crippen molar-refractivity contribution in [3.05, 3.63) is 71.4 Å². The number of hydrogen-bond donors (Lipinski definition) is 2. The summed E-state index contributed by atoms with van der Waals surface area (Å²) in [5.74, 6) is -0.316. The van der Waals surface area contributed by atoms with Gasteiger partial charge in [0.05, 0.1) is 12.2 Å². The Balaban J connectivity index is 1.44. The maximum absolute atomic E-state index is 12.6. The highest BCUT2D eigenvalue weighted by atomic mass is 16.6. The van der Waals surface area contributed by atoms with Gasteiger partial charge in [-0.2, -0.15) is 0 Å². The Bertz CT molecular complexity index is 1240. The number of rotatable bonds is 9. The third-order valence-corrected chi connectivity index (χ3v) is 7.85. The monoisotopic (exact) mass is 520 g/mol. The summed E-state index contributed by atoms with van der Waals surface area (Å²) in [4.78, 5) is 23.7. The number of nitrogens with one attached hydrogen (secondary N) is 1. The quantitative estimate of drug-likeness (QED) is 0.306. The number of aromatic nitrogens is 1. The van der Waals surface area contributed by atoms with Gasteiger partial charge in [-0.1, -0.05) is 66.7 Å². The summed E-state index contributed by atoms with van der Waals surface area (Å²) in [5, 5.41) is 16.0. The number of carboxylic acids is 1. The highest BCUT2D eigenvalue weighted by Crippen LogP contribution is 2.46. The van der Waals surface area contributed by atoms with E-state index >= 15 is 0 Å². The van der Waals surface area contributed by atoms with Gasteiger partial charge in [0.25, 0.3) is 0 Å². The fraction of sp³-hybridized carbons (Fsp3) is 0.433. The van der Waals surface area contributed by atoms with Gasteiger partial charge in [0.2, 0.25) is 0 Å². The Morgan fingerprint density at radius 2 is 1.84 bits per heavy atom. The van der Waals surface area contributed by atoms with Crippen LogP contribution < -0.4 is 5.32 Å². The number of nitrogens with zero attached hydrogens (tertiary/aromatic N) is 1. The predicted molar refractivity (Wildman–Crippen MR) is 144 cm³/mol. The maximum atomic E-state index is 12.6. The minimum absolute atomic E-state index is 0.0948. The minimum atomic E-state index is -0.766. The molecular weight excluding hydrogens is 484 g/mol. The van der Waals surface area contributed by atoms with Crippen LogP contribution in [0.25, 0.3) is 11.3 Å². The number of carbonyl (C=O) groups is 2. The second-order valence-corrected chi connectivity index (χ2v) is 10.4. The number of amides is 1. The Hall–Kier alpha value is -3.65. The molecule has 0 bridgehead atoms. The van der Waals surface area contributed by atoms with E-state index in [9.17, 15) is 9.59 Å². The van der Waals surface area contributed by atoms with Gasteiger partial charge >= 0.3 is 12.1 Å². The van der Waals surface area contributed by atoms with Gasteiger partial charge in [0.15, 0.2) is 5.76 Å². The molecule has 2 aromatic carbocycles. The number of anilines is 1. The van der Waals surface area contributed by atoms with Crippen LogP contribution in [0, 0.1) is 12.3 Å². The Labute approximate surface area is 223 Å². The van der Waals surface area contributed by atoms with Crippen molar-refractivity contribution in [2.45, 2.75) is 71.5 Å². The molecule has 4 rings (SSSR count). The molecule has 1 fully saturated rings. The van der Waals surface area contributed by atoms with Crippen molar-refractivity contribution in [2.24, 2.45) is 5.41 Å². The summed E-state index contributed by atoms with van der Waals surface area (Å²) in [7, 11) is 0. The van der Waals surface area contributed by atoms with Crippen molar-refractivity contribution in [1.29, 1.82) is 0 Å². The number of carboxylic acid groups (broad SMARTS) is 1. The Kier molecular flexibility index (Phi) is 8.21. The normalized spacial score (nSPS) is 22.0. The van der Waals surface area contributed by atoms with E-state index in [4.69, 9.17) is 19.1 Å². The fourth-order valence-corrected chi connectivity index (χ4v) is 4.99. The Morgan fingerprint density at radius 3 is 2.45 bits per heavy atom. The molecular formula is C30H36N2O6. The molecule has 0 radical (unpaired) electrons. The van der Waals surface area contributed by atoms with E-state index in [0.717, 1.165) is 36.0 Å². The Morgan fingerprint density at radius 1 is 1.13 bits per heavy atom. The van der Waals surface area contributed by atoms with Gasteiger partial charge < -0.3 is 19.1 Å². The van der Waals surface area contributed by atoms with Crippen molar-refractivity contribution in [2.75, 3.05) is 11.9 Å². The molecule has 202 valence electrons. The second kappa shape index (κ2) is 11.4. The van der Waals surface area contributed by atoms with E-state index in [1.807, 2.05) is 61.5 Å². The molecule has 38 heavy (non-hydrogen) atoms. The molecule has 1 amide bonds. The van der Waals surface area contributed by atoms with Crippen molar-refractivity contribution < 1.29 is 28.7 Å². The largest absolute Gasteiger partial charge is 0.481 e. The molecule has 0 saturated carbocycles. The fourth-order valence-electron chi connectivity index (χ4n) is 4.99. The predicted octanol–water partition coefficient (Wildman–Crippen LogP) is 7.25. The van der Waals surface area contributed by atoms with E-state index < -0.39 is 23.8 Å². The molecule has 8 nitrogen and oxygen atoms in total. The second-order valence-electron chi connectivity index (χ2n) is 10.4. The smallest absolute Gasteiger partial charge is 0.412 e. The third-order valence-electron chi connectivity index (χ3n) is 7.85. The number of aliphatic carboxylic acids is 1. The number of hydrogen-bond acceptors (Lipinski definition) is 6. The molecule has 0 aliphatic carbocycles. The highest BCUT2D eigenvalue weighted by molar-refractivity contribution is 5.90. The molecule has 1 aromatic heterocycles. The number of ether oxygens (including phenoxy) is 2. The van der Waals surface area contributed by atoms with Crippen LogP contribution in [0.3, 0.4) is 0 Å². The van der Waals surface area contributed by atoms with E-state index in [-0.39, 0.29) is 11.8 Å². The van der Waals surface area contributed by atoms with Crippen LogP contribution in [0.2, 0.25) is 0 Å². The molecule has 2 heterocycles. The van der Waals surface area contributed by atoms with E-state index in [2.05, 4.69) is 24.3 Å². The first kappa shape index (κ1) is 27.4. The van der Waals surface area contributed by atoms with Crippen molar-refractivity contribution >= 4 is 17.7 Å². The van der Waals surface area contributed by atoms with Crippen molar-refractivity contribution in [3.8, 4) is 11.3 Å². The van der Waals surface area contributed by atoms with Crippen LogP contribution in [-0.2, 0) is 19.9 Å². The zero-order valence-corrected chi connectivity index (χ0v) is 22.5. The van der Waals surface area contributed by atoms with Crippen LogP contribution >= 0.6 is 0 Å². The first-order valence-electron chi connectivity index (χ1n) is 13.1. The number of aryl methyl sites for hydroxylation is 1. The van der Waals surface area contributed by atoms with Gasteiger partial charge in [0, 0.05) is 12.0 Å². The molecule has 3 aromatic rings. The topological polar surface area (TPSA) is 111 Å². The SMILES string of the molecule is CCC1(CCC(=O)O)CCC(C)(c2ccc(-c3onc(C)c3NC(=O)O[C@H](C)c3ccccc3)cc2)OC1. The van der Waals surface area contributed by atoms with Crippen molar-refractivity contribution in [3.63, 3.8) is 0 Å². The first-order chi connectivity index (χ1) is 18.1. The van der Waals surface area contributed by atoms with E-state index in [1.165, 1.54) is 0 Å². The van der Waals surface area contributed by atoms with Crippen LogP contribution in [-0.4, -0.2) is 28.9 Å². The summed E-state index contributed by atoms with van der Waals surface area (Å²) >= 11 is 0. The van der Waals surface area contributed by atoms with Gasteiger partial charge in [-0.3, -0.25) is 10.1 Å². The van der Waals surface area contributed by atoms with E-state index in [1.54, 1.807) is 6.92 Å². The first-order valence-corrected chi connectivity index (χ1v) is 13.1. The molecule has 1 saturated heterocycles. The lowest BCUT2D eigenvalue weighted by molar-refractivity contribution is -0.144. The lowest BCUT2D eigenvalue weighted by Crippen LogP contribution is -2.41. The summed E-state index contributed by atoms with van der Waals surface area (Å²) in [6, 6.07) is 17.4. The van der Waals surface area contributed by atoms with Crippen LogP contribution in [0.4, 0.5) is 10.5 Å². The van der Waals surface area contributed by atoms with Gasteiger partial charge in [-0.25, -0.2) is 4.79 Å². The molecule has 1 aliphatic heterocycles. The average molecular weight is 521 g/mol. The maximum Gasteiger partial charge on any atom is 0.412 e. The molecule has 3 atom stereocenters. The highest BCUT2D eigenvalue weighted by Gasteiger charge is 2.41. The van der Waals surface area contributed by atoms with Crippen molar-refractivity contribution in [1.82, 2.24) is 5.16 Å². The molecule has 0 spiro atoms. The van der Waals surface area contributed by atoms with Gasteiger partial charge in [0.1, 0.15) is 17.5 Å². The molecule has 8 heteroatoms. The summed E-state index contributed by atoms with van der Waals surface area (Å²) < 4.78 is 17.5. The molecule has 2 N–H and O–H groups in total. The van der Waals surface area contributed by atoms with Crippen LogP contribution in [0.15, 0.2) is 59.1 Å². The molecule has 2 unspecified atom stereocenters. The number of benzene rings is 2. The van der Waals surface area contributed by atoms with Gasteiger partial charge in [-0.05, 0) is 63.0 Å². The van der Waals surface area contributed by atoms with Crippen LogP contribution in [0.1, 0.15) is 75.8 Å². The summed E-state index contributed by atoms with van der Waals surface area (Å²) in [5.41, 5.74) is 3.16. The average Bonchev–Trinajstić information content (AvgIpc) is 3.28. The number of carbonyl (C=O) groups excluding carboxylic acids is 1. The standard InChI is InChI=1S/C30H36N2O6/c1-5-30(16-15-25(33)34)18-17-29(4,36-19-30)24-13-11-23(12-14-24)27-26(20(2)32-38-27)31-28(35)37-21(3)22-9-7-6-8-10-22/h6-14,21H,5,15-19H2,1-4H3,(H,31,35)(H,33,34)/t21-,29?,30?/m1/s1. The zero-order chi connectivity index (χ0) is 27.3. The zero-order valence-electron chi connectivity index (χ0n) is 22.5. The van der Waals surface area contributed by atoms with E-state index in [0.29, 0.717) is 30.2 Å². The molecule has 1 aliphatic rings. The summed E-state index contributed by atoms with van der Waals surface area (Å²) in [6.07, 6.45) is 2.40. The van der Waals surface area contributed by atoms with Gasteiger partial charge in [-0.15, -0.1) is 0 Å². The lowest BCUT2D eigenvalue weighted by Gasteiger charge is -2.45. The summed E-state index contributed by atoms with van der Waals surface area (Å²) in [6.45, 7) is 8.30. The third kappa shape index (κ3) is 6.07. The lowest BCUT2D eigenvalue weighted by atomic mass is 9.72. The minimum Gasteiger partial charge on any atom is -0.481 e. The van der Waals surface area contributed by atoms with Crippen LogP contribution in [0.5, 0.6) is 0 Å².